The first-order valence-corrected chi connectivity index (χ1v) is 13.7. The predicted molar refractivity (Wildman–Crippen MR) is 139 cm³/mol. The highest BCUT2D eigenvalue weighted by molar-refractivity contribution is 8.00. The molecule has 0 radical (unpaired) electrons. The molecular formula is C24H22N4O4S3. The number of benzene rings is 3. The Bertz CT molecular complexity index is 1360. The Kier molecular flexibility index (Phi) is 8.01. The minimum Gasteiger partial charge on any atom is -0.497 e. The van der Waals surface area contributed by atoms with Gasteiger partial charge in [-0.1, -0.05) is 71.6 Å². The summed E-state index contributed by atoms with van der Waals surface area (Å²) in [6, 6.07) is 24.4. The maximum Gasteiger partial charge on any atom is 0.264 e. The predicted octanol–water partition coefficient (Wildman–Crippen LogP) is 4.67. The van der Waals surface area contributed by atoms with Crippen molar-refractivity contribution in [3.63, 3.8) is 0 Å². The van der Waals surface area contributed by atoms with E-state index in [1.54, 1.807) is 42.5 Å². The molecule has 0 aliphatic carbocycles. The molecule has 8 nitrogen and oxygen atoms in total. The van der Waals surface area contributed by atoms with Gasteiger partial charge in [-0.2, -0.15) is 0 Å². The van der Waals surface area contributed by atoms with Gasteiger partial charge in [0, 0.05) is 5.75 Å². The first kappa shape index (κ1) is 24.7. The van der Waals surface area contributed by atoms with Gasteiger partial charge in [-0.05, 0) is 42.0 Å². The summed E-state index contributed by atoms with van der Waals surface area (Å²) in [6.07, 6.45) is 0. The number of nitrogens with zero attached hydrogens (tertiary/aromatic N) is 3. The molecule has 11 heteroatoms. The van der Waals surface area contributed by atoms with Crippen LogP contribution in [0, 0.1) is 0 Å². The molecule has 3 aromatic carbocycles. The lowest BCUT2D eigenvalue weighted by atomic mass is 10.2. The average molecular weight is 527 g/mol. The first-order chi connectivity index (χ1) is 17.0. The summed E-state index contributed by atoms with van der Waals surface area (Å²) < 4.78 is 33.7. The number of amides is 1. The molecular weight excluding hydrogens is 504 g/mol. The molecule has 4 rings (SSSR count). The zero-order chi connectivity index (χ0) is 24.7. The second-order valence-electron chi connectivity index (χ2n) is 7.22. The van der Waals surface area contributed by atoms with Crippen molar-refractivity contribution < 1.29 is 17.9 Å². The smallest absolute Gasteiger partial charge is 0.264 e. The molecule has 0 bridgehead atoms. The Morgan fingerprint density at radius 2 is 1.63 bits per heavy atom. The van der Waals surface area contributed by atoms with E-state index >= 15 is 0 Å². The Morgan fingerprint density at radius 1 is 0.971 bits per heavy atom. The summed E-state index contributed by atoms with van der Waals surface area (Å²) in [4.78, 5) is 13.0. The number of methoxy groups -OCH3 is 1. The van der Waals surface area contributed by atoms with Crippen LogP contribution in [0.3, 0.4) is 0 Å². The van der Waals surface area contributed by atoms with E-state index in [1.807, 2.05) is 30.3 Å². The van der Waals surface area contributed by atoms with Gasteiger partial charge < -0.3 is 4.74 Å². The maximum atomic E-state index is 13.4. The Labute approximate surface area is 212 Å². The number of rotatable bonds is 10. The second-order valence-corrected chi connectivity index (χ2v) is 11.3. The van der Waals surface area contributed by atoms with Crippen molar-refractivity contribution in [3.05, 3.63) is 90.5 Å². The molecule has 1 N–H and O–H groups in total. The zero-order valence-corrected chi connectivity index (χ0v) is 21.1. The average Bonchev–Trinajstić information content (AvgIpc) is 3.34. The highest BCUT2D eigenvalue weighted by Gasteiger charge is 2.27. The van der Waals surface area contributed by atoms with E-state index in [0.29, 0.717) is 20.9 Å². The molecule has 0 aliphatic rings. The summed E-state index contributed by atoms with van der Waals surface area (Å²) in [5.41, 5.74) is 1.49. The first-order valence-electron chi connectivity index (χ1n) is 10.5. The van der Waals surface area contributed by atoms with Crippen LogP contribution in [0.1, 0.15) is 5.56 Å². The van der Waals surface area contributed by atoms with Gasteiger partial charge in [-0.15, -0.1) is 10.2 Å². The van der Waals surface area contributed by atoms with E-state index in [0.717, 1.165) is 15.6 Å². The fourth-order valence-electron chi connectivity index (χ4n) is 3.11. The summed E-state index contributed by atoms with van der Waals surface area (Å²) in [5.74, 6) is 0.769. The molecule has 1 aromatic heterocycles. The maximum absolute atomic E-state index is 13.4. The Hall–Kier alpha value is -3.41. The van der Waals surface area contributed by atoms with Crippen molar-refractivity contribution in [2.75, 3.05) is 23.3 Å². The van der Waals surface area contributed by atoms with Gasteiger partial charge in [0.2, 0.25) is 11.0 Å². The van der Waals surface area contributed by atoms with E-state index in [9.17, 15) is 13.2 Å². The number of ether oxygens (including phenoxy) is 1. The summed E-state index contributed by atoms with van der Waals surface area (Å²) >= 11 is 2.75. The van der Waals surface area contributed by atoms with E-state index in [4.69, 9.17) is 4.74 Å². The van der Waals surface area contributed by atoms with Crippen LogP contribution >= 0.6 is 23.1 Å². The summed E-state index contributed by atoms with van der Waals surface area (Å²) in [7, 11) is -2.48. The molecule has 0 saturated heterocycles. The third-order valence-corrected chi connectivity index (χ3v) is 8.67. The van der Waals surface area contributed by atoms with Crippen molar-refractivity contribution >= 4 is 49.8 Å². The van der Waals surface area contributed by atoms with Gasteiger partial charge in [0.25, 0.3) is 10.0 Å². The van der Waals surface area contributed by atoms with Crippen molar-refractivity contribution in [1.82, 2.24) is 10.2 Å². The van der Waals surface area contributed by atoms with Crippen LogP contribution in [0.4, 0.5) is 10.8 Å². The standard InChI is InChI=1S/C24H22N4O4S3/c1-32-20-14-12-19(13-15-20)28(35(30,31)21-10-6-3-7-11-21)16-22(29)25-23-26-27-24(34-23)33-17-18-8-4-2-5-9-18/h2-15H,16-17H2,1H3,(H,25,26,29). The number of hydrogen-bond donors (Lipinski definition) is 1. The molecule has 0 spiro atoms. The van der Waals surface area contributed by atoms with Crippen LogP contribution in [-0.2, 0) is 20.6 Å². The topological polar surface area (TPSA) is 101 Å². The monoisotopic (exact) mass is 526 g/mol. The number of carbonyl (C=O) groups excluding carboxylic acids is 1. The lowest BCUT2D eigenvalue weighted by Crippen LogP contribution is -2.38. The molecule has 1 amide bonds. The van der Waals surface area contributed by atoms with Crippen LogP contribution in [-0.4, -0.2) is 38.2 Å². The number of anilines is 2. The van der Waals surface area contributed by atoms with Crippen molar-refractivity contribution in [1.29, 1.82) is 0 Å². The van der Waals surface area contributed by atoms with Gasteiger partial charge in [-0.3, -0.25) is 14.4 Å². The van der Waals surface area contributed by atoms with Crippen molar-refractivity contribution in [3.8, 4) is 5.75 Å². The quantitative estimate of drug-likeness (QED) is 0.237. The molecule has 0 atom stereocenters. The van der Waals surface area contributed by atoms with Crippen molar-refractivity contribution in [2.24, 2.45) is 0 Å². The number of carbonyl (C=O) groups is 1. The van der Waals surface area contributed by atoms with Crippen LogP contribution in [0.25, 0.3) is 0 Å². The molecule has 0 saturated carbocycles. The number of thioether (sulfide) groups is 1. The molecule has 35 heavy (non-hydrogen) atoms. The Balaban J connectivity index is 1.49. The SMILES string of the molecule is COc1ccc(N(CC(=O)Nc2nnc(SCc3ccccc3)s2)S(=O)(=O)c2ccccc2)cc1. The summed E-state index contributed by atoms with van der Waals surface area (Å²) in [6.45, 7) is -0.435. The van der Waals surface area contributed by atoms with Gasteiger partial charge in [-0.25, -0.2) is 8.42 Å². The van der Waals surface area contributed by atoms with Gasteiger partial charge in [0.15, 0.2) is 4.34 Å². The highest BCUT2D eigenvalue weighted by atomic mass is 32.2. The van der Waals surface area contributed by atoms with Crippen molar-refractivity contribution in [2.45, 2.75) is 15.0 Å². The number of hydrogen-bond acceptors (Lipinski definition) is 8. The molecule has 0 fully saturated rings. The van der Waals surface area contributed by atoms with Gasteiger partial charge in [0.05, 0.1) is 17.7 Å². The molecule has 4 aromatic rings. The number of nitrogens with one attached hydrogen (secondary N) is 1. The fourth-order valence-corrected chi connectivity index (χ4v) is 6.28. The third kappa shape index (κ3) is 6.38. The molecule has 180 valence electrons. The largest absolute Gasteiger partial charge is 0.497 e. The molecule has 0 aliphatic heterocycles. The molecule has 1 heterocycles. The number of sulfonamides is 1. The lowest BCUT2D eigenvalue weighted by molar-refractivity contribution is -0.114. The van der Waals surface area contributed by atoms with E-state index < -0.39 is 22.5 Å². The lowest BCUT2D eigenvalue weighted by Gasteiger charge is -2.24. The Morgan fingerprint density at radius 3 is 2.29 bits per heavy atom. The highest BCUT2D eigenvalue weighted by Crippen LogP contribution is 2.29. The van der Waals surface area contributed by atoms with Crippen LogP contribution < -0.4 is 14.4 Å². The van der Waals surface area contributed by atoms with Gasteiger partial charge >= 0.3 is 0 Å². The normalized spacial score (nSPS) is 11.1. The molecule has 0 unspecified atom stereocenters. The minimum absolute atomic E-state index is 0.0825. The third-order valence-electron chi connectivity index (χ3n) is 4.84. The minimum atomic E-state index is -4.00. The number of aromatic nitrogens is 2. The van der Waals surface area contributed by atoms with Gasteiger partial charge in [0.1, 0.15) is 12.3 Å². The van der Waals surface area contributed by atoms with E-state index in [-0.39, 0.29) is 4.90 Å². The van der Waals surface area contributed by atoms with Crippen LogP contribution in [0.15, 0.2) is 94.2 Å². The van der Waals surface area contributed by atoms with Crippen LogP contribution in [0.2, 0.25) is 0 Å². The summed E-state index contributed by atoms with van der Waals surface area (Å²) in [5, 5.41) is 11.1. The second kappa shape index (κ2) is 11.3. The fraction of sp³-hybridized carbons (Fsp3) is 0.125. The van der Waals surface area contributed by atoms with E-state index in [1.165, 1.54) is 42.3 Å². The zero-order valence-electron chi connectivity index (χ0n) is 18.7. The van der Waals surface area contributed by atoms with E-state index in [2.05, 4.69) is 15.5 Å². The van der Waals surface area contributed by atoms with Crippen LogP contribution in [0.5, 0.6) is 5.75 Å².